The number of nitrogens with two attached hydrogens (primary N) is 1. The maximum absolute atomic E-state index is 12.1. The average molecular weight is 263 g/mol. The van der Waals surface area contributed by atoms with Crippen LogP contribution in [0.5, 0.6) is 0 Å². The van der Waals surface area contributed by atoms with Crippen molar-refractivity contribution in [3.8, 4) is 0 Å². The average Bonchev–Trinajstić information content (AvgIpc) is 2.70. The van der Waals surface area contributed by atoms with Crippen LogP contribution in [0.15, 0.2) is 24.3 Å². The van der Waals surface area contributed by atoms with Crippen molar-refractivity contribution < 1.29 is 9.72 Å². The summed E-state index contributed by atoms with van der Waals surface area (Å²) >= 11 is 0. The van der Waals surface area contributed by atoms with Gasteiger partial charge >= 0.3 is 0 Å². The number of hydrogen-bond acceptors (Lipinski definition) is 4. The highest BCUT2D eigenvalue weighted by atomic mass is 16.6. The van der Waals surface area contributed by atoms with E-state index >= 15 is 0 Å². The van der Waals surface area contributed by atoms with Crippen LogP contribution in [0.25, 0.3) is 0 Å². The van der Waals surface area contributed by atoms with Crippen LogP contribution in [0.4, 0.5) is 5.69 Å². The van der Waals surface area contributed by atoms with Gasteiger partial charge in [-0.1, -0.05) is 19.1 Å². The molecule has 19 heavy (non-hydrogen) atoms. The summed E-state index contributed by atoms with van der Waals surface area (Å²) in [5, 5.41) is 10.7. The minimum atomic E-state index is -0.457. The molecule has 2 N–H and O–H groups in total. The second-order valence-corrected chi connectivity index (χ2v) is 5.04. The van der Waals surface area contributed by atoms with E-state index < -0.39 is 4.92 Å². The summed E-state index contributed by atoms with van der Waals surface area (Å²) in [5.74, 6) is 0.273. The molecular weight excluding hydrogens is 246 g/mol. The standard InChI is InChI=1S/C13H17N3O3/c1-9-7-15(8-12(9)14)13(17)6-10-3-2-4-11(5-10)16(18)19/h2-5,9,12H,6-8,14H2,1H3. The molecule has 6 nitrogen and oxygen atoms in total. The Kier molecular flexibility index (Phi) is 3.80. The molecule has 0 aliphatic carbocycles. The number of benzene rings is 1. The van der Waals surface area contributed by atoms with Gasteiger partial charge in [-0.05, 0) is 11.5 Å². The monoisotopic (exact) mass is 263 g/mol. The van der Waals surface area contributed by atoms with E-state index in [0.717, 1.165) is 0 Å². The van der Waals surface area contributed by atoms with Crippen LogP contribution < -0.4 is 5.73 Å². The van der Waals surface area contributed by atoms with Gasteiger partial charge in [-0.3, -0.25) is 14.9 Å². The van der Waals surface area contributed by atoms with E-state index in [1.54, 1.807) is 17.0 Å². The van der Waals surface area contributed by atoms with E-state index in [1.165, 1.54) is 12.1 Å². The molecule has 1 heterocycles. The summed E-state index contributed by atoms with van der Waals surface area (Å²) in [6, 6.07) is 6.21. The van der Waals surface area contributed by atoms with Crippen molar-refractivity contribution in [1.29, 1.82) is 0 Å². The van der Waals surface area contributed by atoms with Crippen LogP contribution in [0, 0.1) is 16.0 Å². The van der Waals surface area contributed by atoms with Gasteiger partial charge in [-0.15, -0.1) is 0 Å². The highest BCUT2D eigenvalue weighted by molar-refractivity contribution is 5.79. The zero-order valence-corrected chi connectivity index (χ0v) is 10.8. The van der Waals surface area contributed by atoms with Crippen molar-refractivity contribution in [3.63, 3.8) is 0 Å². The van der Waals surface area contributed by atoms with Crippen LogP contribution >= 0.6 is 0 Å². The van der Waals surface area contributed by atoms with Gasteiger partial charge in [-0.25, -0.2) is 0 Å². The largest absolute Gasteiger partial charge is 0.341 e. The molecule has 1 saturated heterocycles. The predicted molar refractivity (Wildman–Crippen MR) is 70.5 cm³/mol. The SMILES string of the molecule is CC1CN(C(=O)Cc2cccc([N+](=O)[O-])c2)CC1N. The number of likely N-dealkylation sites (tertiary alicyclic amines) is 1. The molecular formula is C13H17N3O3. The lowest BCUT2D eigenvalue weighted by molar-refractivity contribution is -0.384. The van der Waals surface area contributed by atoms with Crippen molar-refractivity contribution in [2.75, 3.05) is 13.1 Å². The first-order chi connectivity index (χ1) is 8.97. The van der Waals surface area contributed by atoms with Crippen molar-refractivity contribution in [2.24, 2.45) is 11.7 Å². The summed E-state index contributed by atoms with van der Waals surface area (Å²) in [7, 11) is 0. The summed E-state index contributed by atoms with van der Waals surface area (Å²) in [6.07, 6.45) is 0.182. The number of carbonyl (C=O) groups excluding carboxylic acids is 1. The molecule has 0 aromatic heterocycles. The number of rotatable bonds is 3. The third-order valence-electron chi connectivity index (χ3n) is 3.50. The van der Waals surface area contributed by atoms with E-state index in [0.29, 0.717) is 24.6 Å². The predicted octanol–water partition coefficient (Wildman–Crippen LogP) is 0.943. The number of nitro groups is 1. The maximum Gasteiger partial charge on any atom is 0.269 e. The number of hydrogen-bond donors (Lipinski definition) is 1. The van der Waals surface area contributed by atoms with Crippen molar-refractivity contribution in [1.82, 2.24) is 4.90 Å². The Morgan fingerprint density at radius 1 is 1.53 bits per heavy atom. The van der Waals surface area contributed by atoms with Gasteiger partial charge in [0.1, 0.15) is 0 Å². The van der Waals surface area contributed by atoms with E-state index in [9.17, 15) is 14.9 Å². The lowest BCUT2D eigenvalue weighted by Crippen LogP contribution is -2.33. The highest BCUT2D eigenvalue weighted by Gasteiger charge is 2.29. The Morgan fingerprint density at radius 2 is 2.26 bits per heavy atom. The van der Waals surface area contributed by atoms with Crippen molar-refractivity contribution in [2.45, 2.75) is 19.4 Å². The van der Waals surface area contributed by atoms with Crippen LogP contribution in [0.1, 0.15) is 12.5 Å². The van der Waals surface area contributed by atoms with Crippen LogP contribution in [-0.2, 0) is 11.2 Å². The van der Waals surface area contributed by atoms with Crippen LogP contribution in [-0.4, -0.2) is 34.9 Å². The number of nitro benzene ring substituents is 1. The minimum Gasteiger partial charge on any atom is -0.341 e. The van der Waals surface area contributed by atoms with E-state index in [1.807, 2.05) is 6.92 Å². The summed E-state index contributed by atoms with van der Waals surface area (Å²) in [4.78, 5) is 24.0. The molecule has 102 valence electrons. The summed E-state index contributed by atoms with van der Waals surface area (Å²) in [6.45, 7) is 3.25. The molecule has 1 amide bonds. The molecule has 2 atom stereocenters. The Bertz CT molecular complexity index is 494. The normalized spacial score (nSPS) is 22.5. The fraction of sp³-hybridized carbons (Fsp3) is 0.462. The smallest absolute Gasteiger partial charge is 0.269 e. The summed E-state index contributed by atoms with van der Waals surface area (Å²) < 4.78 is 0. The molecule has 0 saturated carbocycles. The van der Waals surface area contributed by atoms with Crippen molar-refractivity contribution >= 4 is 11.6 Å². The Hall–Kier alpha value is -1.95. The van der Waals surface area contributed by atoms with Gasteiger partial charge in [-0.2, -0.15) is 0 Å². The van der Waals surface area contributed by atoms with Crippen LogP contribution in [0.2, 0.25) is 0 Å². The zero-order chi connectivity index (χ0) is 14.0. The van der Waals surface area contributed by atoms with E-state index in [2.05, 4.69) is 0 Å². The highest BCUT2D eigenvalue weighted by Crippen LogP contribution is 2.18. The van der Waals surface area contributed by atoms with Crippen molar-refractivity contribution in [3.05, 3.63) is 39.9 Å². The van der Waals surface area contributed by atoms with E-state index in [-0.39, 0.29) is 24.1 Å². The lowest BCUT2D eigenvalue weighted by atomic mass is 10.1. The number of nitrogens with zero attached hydrogens (tertiary/aromatic N) is 2. The second kappa shape index (κ2) is 5.36. The van der Waals surface area contributed by atoms with Gasteiger partial charge in [0, 0.05) is 31.3 Å². The lowest BCUT2D eigenvalue weighted by Gasteiger charge is -2.15. The zero-order valence-electron chi connectivity index (χ0n) is 10.8. The first-order valence-electron chi connectivity index (χ1n) is 6.24. The molecule has 1 aliphatic heterocycles. The van der Waals surface area contributed by atoms with E-state index in [4.69, 9.17) is 5.73 Å². The topological polar surface area (TPSA) is 89.5 Å². The minimum absolute atomic E-state index is 0.0109. The van der Waals surface area contributed by atoms with Gasteiger partial charge in [0.2, 0.25) is 5.91 Å². The molecule has 1 aliphatic rings. The third-order valence-corrected chi connectivity index (χ3v) is 3.50. The number of carbonyl (C=O) groups is 1. The Labute approximate surface area is 111 Å². The molecule has 1 aromatic rings. The molecule has 1 aromatic carbocycles. The molecule has 6 heteroatoms. The molecule has 1 fully saturated rings. The molecule has 0 spiro atoms. The second-order valence-electron chi connectivity index (χ2n) is 5.04. The molecule has 2 rings (SSSR count). The number of amides is 1. The molecule has 2 unspecified atom stereocenters. The fourth-order valence-corrected chi connectivity index (χ4v) is 2.26. The quantitative estimate of drug-likeness (QED) is 0.649. The number of non-ortho nitro benzene ring substituents is 1. The molecule has 0 radical (unpaired) electrons. The maximum atomic E-state index is 12.1. The Balaban J connectivity index is 2.03. The summed E-state index contributed by atoms with van der Waals surface area (Å²) in [5.41, 5.74) is 6.55. The first kappa shape index (κ1) is 13.5. The fourth-order valence-electron chi connectivity index (χ4n) is 2.26. The van der Waals surface area contributed by atoms with Gasteiger partial charge in [0.05, 0.1) is 11.3 Å². The Morgan fingerprint density at radius 3 is 2.84 bits per heavy atom. The van der Waals surface area contributed by atoms with Gasteiger partial charge < -0.3 is 10.6 Å². The molecule has 0 bridgehead atoms. The van der Waals surface area contributed by atoms with Gasteiger partial charge in [0.25, 0.3) is 5.69 Å². The first-order valence-corrected chi connectivity index (χ1v) is 6.24. The third kappa shape index (κ3) is 3.08. The van der Waals surface area contributed by atoms with Gasteiger partial charge in [0.15, 0.2) is 0 Å². The van der Waals surface area contributed by atoms with Crippen LogP contribution in [0.3, 0.4) is 0 Å².